The molecular formula is C41H18BF20NS. The van der Waals surface area contributed by atoms with Gasteiger partial charge in [0, 0.05) is 11.1 Å². The van der Waals surface area contributed by atoms with Crippen molar-refractivity contribution in [2.75, 3.05) is 0 Å². The second-order valence-corrected chi connectivity index (χ2v) is 14.9. The summed E-state index contributed by atoms with van der Waals surface area (Å²) >= 11 is 1.83. The molecule has 0 atom stereocenters. The first-order valence-corrected chi connectivity index (χ1v) is 18.5. The first-order chi connectivity index (χ1) is 30.0. The lowest BCUT2D eigenvalue weighted by Gasteiger charge is -2.44. The van der Waals surface area contributed by atoms with Crippen LogP contribution in [-0.4, -0.2) is 6.15 Å². The summed E-state index contributed by atoms with van der Waals surface area (Å²) in [6.45, 7) is 5.48. The van der Waals surface area contributed by atoms with Gasteiger partial charge in [-0.2, -0.15) is 4.57 Å². The van der Waals surface area contributed by atoms with Gasteiger partial charge in [-0.15, -0.1) is 21.9 Å². The highest BCUT2D eigenvalue weighted by Gasteiger charge is 2.52. The fourth-order valence-corrected chi connectivity index (χ4v) is 8.28. The zero-order chi connectivity index (χ0) is 47.6. The van der Waals surface area contributed by atoms with Gasteiger partial charge in [0.1, 0.15) is 57.4 Å². The van der Waals surface area contributed by atoms with Crippen LogP contribution in [0.2, 0.25) is 0 Å². The Balaban J connectivity index is 0.000000295. The minimum absolute atomic E-state index is 0.556. The first kappa shape index (κ1) is 47.4. The number of rotatable bonds is 7. The quantitative estimate of drug-likeness (QED) is 0.0493. The molecule has 7 rings (SSSR count). The van der Waals surface area contributed by atoms with Crippen LogP contribution >= 0.6 is 11.3 Å². The number of benzene rings is 6. The highest BCUT2D eigenvalue weighted by molar-refractivity contribution is 7.20. The number of aromatic nitrogens is 1. The summed E-state index contributed by atoms with van der Waals surface area (Å²) in [5.74, 6) is -70.8. The van der Waals surface area contributed by atoms with Crippen molar-refractivity contribution < 1.29 is 92.4 Å². The van der Waals surface area contributed by atoms with Crippen molar-refractivity contribution in [1.29, 1.82) is 0 Å². The van der Waals surface area contributed by atoms with Crippen molar-refractivity contribution in [3.63, 3.8) is 0 Å². The Bertz CT molecular complexity index is 2630. The normalized spacial score (nSPS) is 11.8. The van der Waals surface area contributed by atoms with Crippen LogP contribution in [0, 0.1) is 116 Å². The number of hydrogen-bond acceptors (Lipinski definition) is 1. The van der Waals surface area contributed by atoms with Gasteiger partial charge in [0.25, 0.3) is 0 Å². The summed E-state index contributed by atoms with van der Waals surface area (Å²) in [6.07, 6.45) is -7.22. The molecule has 0 N–H and O–H groups in total. The van der Waals surface area contributed by atoms with E-state index in [1.54, 1.807) is 0 Å². The molecule has 0 aliphatic carbocycles. The monoisotopic (exact) mass is 947 g/mol. The highest BCUT2D eigenvalue weighted by Crippen LogP contribution is 2.31. The van der Waals surface area contributed by atoms with Crippen molar-refractivity contribution in [3.05, 3.63) is 182 Å². The SMILES string of the molecule is CC(C)c1cccc2sc[n+](Cc3ccccc3)c12.Fc1c(F)c(F)c([B-](c2c(F)c(F)c(F)c(F)c2F)(c2c(F)c(F)c(F)c(F)c2F)c2c(F)c(F)c(F)c(F)c2F)c(F)c1F. The Labute approximate surface area is 349 Å². The van der Waals surface area contributed by atoms with Crippen LogP contribution in [-0.2, 0) is 6.54 Å². The molecule has 336 valence electrons. The van der Waals surface area contributed by atoms with Crippen LogP contribution in [0.5, 0.6) is 0 Å². The third-order valence-electron chi connectivity index (χ3n) is 10.1. The zero-order valence-electron chi connectivity index (χ0n) is 31.5. The number of halogens is 20. The molecule has 0 unspecified atom stereocenters. The predicted octanol–water partition coefficient (Wildman–Crippen LogP) is 10.2. The lowest BCUT2D eigenvalue weighted by Crippen LogP contribution is -2.81. The average Bonchev–Trinajstić information content (AvgIpc) is 3.69. The first-order valence-electron chi connectivity index (χ1n) is 17.6. The molecule has 0 saturated carbocycles. The molecule has 7 aromatic rings. The maximum atomic E-state index is 15.4. The van der Waals surface area contributed by atoms with Gasteiger partial charge in [-0.1, -0.05) is 67.6 Å². The summed E-state index contributed by atoms with van der Waals surface area (Å²) in [6, 6.07) is 17.3. The van der Waals surface area contributed by atoms with E-state index in [2.05, 4.69) is 72.5 Å². The topological polar surface area (TPSA) is 3.88 Å². The minimum Gasteiger partial charge on any atom is -0.207 e. The Morgan fingerprint density at radius 2 is 0.688 bits per heavy atom. The minimum atomic E-state index is -7.22. The van der Waals surface area contributed by atoms with Crippen LogP contribution in [0.4, 0.5) is 87.8 Å². The van der Waals surface area contributed by atoms with E-state index in [1.807, 2.05) is 11.3 Å². The average molecular weight is 947 g/mol. The Morgan fingerprint density at radius 3 is 0.984 bits per heavy atom. The molecule has 0 saturated heterocycles. The maximum absolute atomic E-state index is 15.4. The van der Waals surface area contributed by atoms with Crippen LogP contribution in [0.1, 0.15) is 30.9 Å². The van der Waals surface area contributed by atoms with Crippen molar-refractivity contribution in [2.24, 2.45) is 0 Å². The van der Waals surface area contributed by atoms with Crippen molar-refractivity contribution >= 4 is 49.6 Å². The zero-order valence-corrected chi connectivity index (χ0v) is 32.3. The molecule has 0 radical (unpaired) electrons. The third kappa shape index (κ3) is 7.20. The van der Waals surface area contributed by atoms with E-state index in [0.29, 0.717) is 5.92 Å². The lowest BCUT2D eigenvalue weighted by atomic mass is 9.12. The molecule has 1 nitrogen and oxygen atoms in total. The summed E-state index contributed by atoms with van der Waals surface area (Å²) < 4.78 is 298. The largest absolute Gasteiger partial charge is 0.227 e. The molecule has 0 bridgehead atoms. The second kappa shape index (κ2) is 17.4. The highest BCUT2D eigenvalue weighted by atomic mass is 32.1. The van der Waals surface area contributed by atoms with E-state index in [4.69, 9.17) is 0 Å². The molecule has 23 heteroatoms. The van der Waals surface area contributed by atoms with E-state index >= 15 is 35.1 Å². The fourth-order valence-electron chi connectivity index (χ4n) is 7.35. The van der Waals surface area contributed by atoms with E-state index in [-0.39, 0.29) is 0 Å². The molecule has 0 amide bonds. The van der Waals surface area contributed by atoms with Crippen LogP contribution in [0.3, 0.4) is 0 Å². The number of thiazole rings is 1. The molecule has 0 fully saturated rings. The summed E-state index contributed by atoms with van der Waals surface area (Å²) in [5, 5.41) is 0. The van der Waals surface area contributed by atoms with Gasteiger partial charge in [-0.25, -0.2) is 87.8 Å². The summed E-state index contributed by atoms with van der Waals surface area (Å²) in [4.78, 5) is 0. The van der Waals surface area contributed by atoms with Gasteiger partial charge in [0.15, 0.2) is 76.4 Å². The molecule has 0 aliphatic rings. The number of para-hydroxylation sites is 1. The molecule has 6 aromatic carbocycles. The van der Waals surface area contributed by atoms with Crippen LogP contribution < -0.4 is 26.4 Å². The van der Waals surface area contributed by atoms with E-state index in [1.165, 1.54) is 21.3 Å². The van der Waals surface area contributed by atoms with Crippen molar-refractivity contribution in [2.45, 2.75) is 26.3 Å². The molecule has 64 heavy (non-hydrogen) atoms. The summed E-state index contributed by atoms with van der Waals surface area (Å²) in [7, 11) is 0. The van der Waals surface area contributed by atoms with E-state index in [9.17, 15) is 52.7 Å². The predicted molar refractivity (Wildman–Crippen MR) is 191 cm³/mol. The van der Waals surface area contributed by atoms with Crippen molar-refractivity contribution in [3.8, 4) is 0 Å². The van der Waals surface area contributed by atoms with Gasteiger partial charge < -0.3 is 0 Å². The standard InChI is InChI=1S/C24BF20.C17H18NS/c26-5-1(6(27)14(35)21(42)13(5)34)25(2-7(28)15(36)22(43)16(37)8(2)29,3-9(30)17(38)23(44)18(39)10(3)31)4-11(32)19(40)24(45)20(41)12(4)33;1-13(2)15-9-6-10-16-17(15)18(12-19-16)11-14-7-4-3-5-8-14/h;3-10,12-13H,11H2,1-2H3/q-1;+1. The molecule has 1 heterocycles. The van der Waals surface area contributed by atoms with Crippen molar-refractivity contribution in [1.82, 2.24) is 0 Å². The molecule has 0 aliphatic heterocycles. The van der Waals surface area contributed by atoms with Gasteiger partial charge in [0.2, 0.25) is 11.0 Å². The molecule has 1 aromatic heterocycles. The van der Waals surface area contributed by atoms with Gasteiger partial charge in [-0.3, -0.25) is 0 Å². The Hall–Kier alpha value is -6.13. The second-order valence-electron chi connectivity index (χ2n) is 14.0. The van der Waals surface area contributed by atoms with Gasteiger partial charge >= 0.3 is 0 Å². The van der Waals surface area contributed by atoms with E-state index in [0.717, 1.165) is 6.54 Å². The number of fused-ring (bicyclic) bond motifs is 1. The number of hydrogen-bond donors (Lipinski definition) is 0. The Morgan fingerprint density at radius 1 is 0.391 bits per heavy atom. The van der Waals surface area contributed by atoms with Crippen LogP contribution in [0.15, 0.2) is 54.0 Å². The Kier molecular flexibility index (Phi) is 12.9. The smallest absolute Gasteiger partial charge is 0.207 e. The fraction of sp³-hybridized carbons (Fsp3) is 0.0976. The number of nitrogens with zero attached hydrogens (tertiary/aromatic N) is 1. The van der Waals surface area contributed by atoms with E-state index < -0.39 is 144 Å². The lowest BCUT2D eigenvalue weighted by molar-refractivity contribution is -0.658. The third-order valence-corrected chi connectivity index (χ3v) is 11.1. The van der Waals surface area contributed by atoms with Crippen LogP contribution in [0.25, 0.3) is 10.2 Å². The molecule has 0 spiro atoms. The maximum Gasteiger partial charge on any atom is 0.227 e. The van der Waals surface area contributed by atoms with Gasteiger partial charge in [-0.05, 0) is 12.0 Å². The summed E-state index contributed by atoms with van der Waals surface area (Å²) in [5.41, 5.74) is -7.90. The van der Waals surface area contributed by atoms with Gasteiger partial charge in [0.05, 0.1) is 0 Å². The molecular weight excluding hydrogens is 929 g/mol.